The van der Waals surface area contributed by atoms with E-state index in [-0.39, 0.29) is 56.7 Å². The number of pyridine rings is 1. The number of ether oxygens (including phenoxy) is 3. The van der Waals surface area contributed by atoms with Crippen LogP contribution in [-0.2, 0) is 38.7 Å². The molecule has 54 heavy (non-hydrogen) atoms. The molecule has 1 N–H and O–H groups in total. The molecule has 0 bridgehead atoms. The molecule has 2 amide bonds. The summed E-state index contributed by atoms with van der Waals surface area (Å²) < 4.78 is 45.0. The smallest absolute Gasteiger partial charge is 0.307 e. The largest absolute Gasteiger partial charge is 0.497 e. The van der Waals surface area contributed by atoms with Crippen LogP contribution in [0.3, 0.4) is 0 Å². The van der Waals surface area contributed by atoms with Crippen LogP contribution in [0.5, 0.6) is 11.6 Å². The molecule has 14 heteroatoms. The van der Waals surface area contributed by atoms with Crippen LogP contribution in [0.25, 0.3) is 10.8 Å². The highest BCUT2D eigenvalue weighted by Gasteiger charge is 2.61. The highest BCUT2D eigenvalue weighted by Crippen LogP contribution is 2.57. The van der Waals surface area contributed by atoms with E-state index < -0.39 is 73.8 Å². The maximum Gasteiger partial charge on any atom is 0.307 e. The number of Topliss-reactive ketones (excluding diaryl/α,β-unsaturated/α-hetero) is 1. The van der Waals surface area contributed by atoms with E-state index in [0.717, 1.165) is 11.0 Å². The second kappa shape index (κ2) is 16.0. The summed E-state index contributed by atoms with van der Waals surface area (Å²) in [6.45, 7) is 12.5. The number of hydrogen-bond acceptors (Lipinski definition) is 11. The van der Waals surface area contributed by atoms with Gasteiger partial charge in [0.2, 0.25) is 27.7 Å². The highest BCUT2D eigenvalue weighted by molar-refractivity contribution is 7.90. The second-order valence-corrected chi connectivity index (χ2v) is 17.9. The molecule has 0 radical (unpaired) electrons. The summed E-state index contributed by atoms with van der Waals surface area (Å²) in [5.41, 5.74) is -1.37. The Morgan fingerprint density at radius 3 is 2.46 bits per heavy atom. The number of carbonyl (C=O) groups excluding carboxylic acids is 5. The van der Waals surface area contributed by atoms with Crippen molar-refractivity contribution in [2.24, 2.45) is 17.3 Å². The number of nitrogens with one attached hydrogen (secondary N) is 1. The van der Waals surface area contributed by atoms with Crippen LogP contribution in [0.4, 0.5) is 0 Å². The molecular formula is C40H51N3O10S. The number of fused-ring (bicyclic) bond motifs is 1. The number of allylic oxidation sites excluding steroid dienone is 3. The highest BCUT2D eigenvalue weighted by atomic mass is 32.2. The van der Waals surface area contributed by atoms with Crippen LogP contribution < -0.4 is 14.2 Å². The van der Waals surface area contributed by atoms with Gasteiger partial charge in [0.05, 0.1) is 36.8 Å². The Balaban J connectivity index is 1.45. The van der Waals surface area contributed by atoms with Gasteiger partial charge < -0.3 is 19.1 Å². The number of esters is 1. The van der Waals surface area contributed by atoms with Gasteiger partial charge in [-0.25, -0.2) is 13.4 Å². The summed E-state index contributed by atoms with van der Waals surface area (Å²) in [6.07, 6.45) is 4.45. The SMILES string of the molecule is C=C[C@H]1C[C@]1(CC(=O)[C@@H]1C[C@@H](Oc2nccc3cc(OC)ccc23)CN1C(=O)[C@H](CCC(=O)C=C(C)C)CC(=O)OC(C)(C)C)C(=O)NS(=O)(=O)C1CC1. The number of carbonyl (C=O) groups is 5. The molecule has 0 spiro atoms. The minimum absolute atomic E-state index is 0.0140. The third-order valence-corrected chi connectivity index (χ3v) is 11.9. The molecule has 13 nitrogen and oxygen atoms in total. The van der Waals surface area contributed by atoms with Crippen LogP contribution >= 0.6 is 0 Å². The predicted octanol–water partition coefficient (Wildman–Crippen LogP) is 5.02. The first-order valence-electron chi connectivity index (χ1n) is 18.4. The lowest BCUT2D eigenvalue weighted by Gasteiger charge is -2.29. The summed E-state index contributed by atoms with van der Waals surface area (Å²) in [5.74, 6) is -3.09. The van der Waals surface area contributed by atoms with E-state index in [1.807, 2.05) is 6.07 Å². The Hall–Kier alpha value is -4.59. The first kappa shape index (κ1) is 40.6. The van der Waals surface area contributed by atoms with Crippen LogP contribution in [0.1, 0.15) is 86.0 Å². The Kier molecular flexibility index (Phi) is 12.0. The fraction of sp³-hybridized carbons (Fsp3) is 0.550. The summed E-state index contributed by atoms with van der Waals surface area (Å²) in [7, 11) is -2.32. The fourth-order valence-electron chi connectivity index (χ4n) is 7.09. The van der Waals surface area contributed by atoms with Crippen LogP contribution in [0.15, 0.2) is 54.8 Å². The molecule has 2 heterocycles. The Morgan fingerprint density at radius 1 is 1.13 bits per heavy atom. The number of nitrogens with zero attached hydrogens (tertiary/aromatic N) is 2. The lowest BCUT2D eigenvalue weighted by atomic mass is 9.90. The lowest BCUT2D eigenvalue weighted by Crippen LogP contribution is -2.46. The van der Waals surface area contributed by atoms with Gasteiger partial charge in [-0.3, -0.25) is 28.7 Å². The van der Waals surface area contributed by atoms with Gasteiger partial charge in [0, 0.05) is 36.8 Å². The van der Waals surface area contributed by atoms with Crippen molar-refractivity contribution in [1.82, 2.24) is 14.6 Å². The van der Waals surface area contributed by atoms with Crippen molar-refractivity contribution < 1.29 is 46.6 Å². The van der Waals surface area contributed by atoms with Gasteiger partial charge in [-0.2, -0.15) is 0 Å². The zero-order chi connectivity index (χ0) is 39.6. The topological polar surface area (TPSA) is 175 Å². The minimum Gasteiger partial charge on any atom is -0.497 e. The van der Waals surface area contributed by atoms with E-state index in [0.29, 0.717) is 24.0 Å². The third kappa shape index (κ3) is 9.74. The molecular weight excluding hydrogens is 715 g/mol. The molecule has 3 aliphatic rings. The normalized spacial score (nSPS) is 22.9. The summed E-state index contributed by atoms with van der Waals surface area (Å²) >= 11 is 0. The fourth-order valence-corrected chi connectivity index (χ4v) is 8.47. The van der Waals surface area contributed by atoms with Crippen molar-refractivity contribution in [3.05, 3.63) is 54.8 Å². The molecule has 5 atom stereocenters. The number of likely N-dealkylation sites (tertiary alicyclic amines) is 1. The molecule has 5 rings (SSSR count). The van der Waals surface area contributed by atoms with Gasteiger partial charge >= 0.3 is 5.97 Å². The standard InChI is InChI=1S/C40H51N3O10S/c1-8-27-21-40(27,38(48)42-54(49,50)31-12-13-31)22-34(45)33-20-30(52-36-32-14-11-29(51-7)18-25(32)15-16-41-36)23-43(33)37(47)26(9-10-28(44)17-24(2)3)19-35(46)53-39(4,5)6/h8,11,14-18,26-27,30-31,33H,1,9-10,12-13,19-23H2,2-7H3,(H,42,48)/t26-,27+,30-,33+,40-/m1/s1. The second-order valence-electron chi connectivity index (χ2n) is 15.9. The number of aromatic nitrogens is 1. The van der Waals surface area contributed by atoms with Gasteiger partial charge in [0.1, 0.15) is 17.5 Å². The first-order valence-corrected chi connectivity index (χ1v) is 19.9. The zero-order valence-electron chi connectivity index (χ0n) is 31.9. The van der Waals surface area contributed by atoms with E-state index in [1.165, 1.54) is 11.0 Å². The van der Waals surface area contributed by atoms with Crippen LogP contribution in [-0.4, -0.2) is 84.3 Å². The average Bonchev–Trinajstić information content (AvgIpc) is 4.02. The maximum atomic E-state index is 14.6. The molecule has 2 aromatic rings. The first-order chi connectivity index (χ1) is 25.4. The van der Waals surface area contributed by atoms with Crippen molar-refractivity contribution in [2.75, 3.05) is 13.7 Å². The molecule has 1 aromatic carbocycles. The molecule has 0 unspecified atom stereocenters. The monoisotopic (exact) mass is 765 g/mol. The van der Waals surface area contributed by atoms with Crippen molar-refractivity contribution in [1.29, 1.82) is 0 Å². The number of rotatable bonds is 17. The summed E-state index contributed by atoms with van der Waals surface area (Å²) in [5, 5.41) is 0.853. The molecule has 1 aromatic heterocycles. The summed E-state index contributed by atoms with van der Waals surface area (Å²) in [4.78, 5) is 74.2. The molecule has 292 valence electrons. The van der Waals surface area contributed by atoms with E-state index >= 15 is 0 Å². The Morgan fingerprint density at radius 2 is 1.85 bits per heavy atom. The Labute approximate surface area is 316 Å². The van der Waals surface area contributed by atoms with E-state index in [9.17, 15) is 32.4 Å². The number of ketones is 2. The van der Waals surface area contributed by atoms with Crippen molar-refractivity contribution in [3.63, 3.8) is 0 Å². The van der Waals surface area contributed by atoms with E-state index in [4.69, 9.17) is 14.2 Å². The van der Waals surface area contributed by atoms with Gasteiger partial charge in [-0.1, -0.05) is 11.6 Å². The van der Waals surface area contributed by atoms with E-state index in [1.54, 1.807) is 72.2 Å². The van der Waals surface area contributed by atoms with Crippen molar-refractivity contribution >= 4 is 50.1 Å². The Bertz CT molecular complexity index is 1960. The van der Waals surface area contributed by atoms with Gasteiger partial charge in [-0.15, -0.1) is 6.58 Å². The minimum atomic E-state index is -3.88. The molecule has 3 fully saturated rings. The van der Waals surface area contributed by atoms with Gasteiger partial charge in [0.15, 0.2) is 11.6 Å². The van der Waals surface area contributed by atoms with Crippen LogP contribution in [0, 0.1) is 17.3 Å². The zero-order valence-corrected chi connectivity index (χ0v) is 32.7. The lowest BCUT2D eigenvalue weighted by molar-refractivity contribution is -0.159. The third-order valence-electron chi connectivity index (χ3n) is 10.1. The van der Waals surface area contributed by atoms with E-state index in [2.05, 4.69) is 16.3 Å². The number of methoxy groups -OCH3 is 1. The van der Waals surface area contributed by atoms with Crippen molar-refractivity contribution in [3.8, 4) is 11.6 Å². The van der Waals surface area contributed by atoms with Gasteiger partial charge in [0.25, 0.3) is 0 Å². The maximum absolute atomic E-state index is 14.6. The predicted molar refractivity (Wildman–Crippen MR) is 201 cm³/mol. The average molecular weight is 766 g/mol. The molecule has 1 aliphatic heterocycles. The number of sulfonamides is 1. The summed E-state index contributed by atoms with van der Waals surface area (Å²) in [6, 6.07) is 6.13. The number of amides is 2. The quantitative estimate of drug-likeness (QED) is 0.130. The van der Waals surface area contributed by atoms with Gasteiger partial charge in [-0.05, 0) is 102 Å². The molecule has 1 saturated heterocycles. The van der Waals surface area contributed by atoms with Crippen molar-refractivity contribution in [2.45, 2.75) is 109 Å². The number of hydrogen-bond donors (Lipinski definition) is 1. The van der Waals surface area contributed by atoms with Crippen LogP contribution in [0.2, 0.25) is 0 Å². The number of benzene rings is 1. The molecule has 2 saturated carbocycles. The molecule has 2 aliphatic carbocycles.